The van der Waals surface area contributed by atoms with Gasteiger partial charge in [-0.15, -0.1) is 0 Å². The van der Waals surface area contributed by atoms with Crippen molar-refractivity contribution in [3.05, 3.63) is 18.0 Å². The largest absolute Gasteiger partial charge is 0.309 e. The van der Waals surface area contributed by atoms with Crippen molar-refractivity contribution in [2.24, 2.45) is 7.05 Å². The zero-order chi connectivity index (χ0) is 12.3. The number of rotatable bonds is 5. The molecule has 0 aliphatic carbocycles. The molecule has 0 spiro atoms. The van der Waals surface area contributed by atoms with Gasteiger partial charge in [-0.2, -0.15) is 5.10 Å². The molecule has 2 atom stereocenters. The van der Waals surface area contributed by atoms with E-state index in [1.54, 1.807) is 0 Å². The molecular formula is C13H24N4. The Bertz CT molecular complexity index is 341. The summed E-state index contributed by atoms with van der Waals surface area (Å²) in [5.74, 6) is 0. The Morgan fingerprint density at radius 1 is 1.35 bits per heavy atom. The molecule has 1 aromatic rings. The van der Waals surface area contributed by atoms with Crippen LogP contribution in [0.2, 0.25) is 0 Å². The van der Waals surface area contributed by atoms with Crippen LogP contribution < -0.4 is 5.32 Å². The molecule has 0 amide bonds. The van der Waals surface area contributed by atoms with Crippen LogP contribution in [-0.4, -0.2) is 40.4 Å². The minimum atomic E-state index is 0.383. The Morgan fingerprint density at radius 3 is 2.65 bits per heavy atom. The van der Waals surface area contributed by atoms with Crippen molar-refractivity contribution in [3.63, 3.8) is 0 Å². The lowest BCUT2D eigenvalue weighted by Gasteiger charge is -2.25. The summed E-state index contributed by atoms with van der Waals surface area (Å²) in [5, 5.41) is 7.80. The Kier molecular flexibility index (Phi) is 4.18. The number of nitrogens with zero attached hydrogens (tertiary/aromatic N) is 3. The average Bonchev–Trinajstić information content (AvgIpc) is 2.95. The molecule has 4 heteroatoms. The second-order valence-corrected chi connectivity index (χ2v) is 5.17. The normalized spacial score (nSPS) is 20.6. The summed E-state index contributed by atoms with van der Waals surface area (Å²) in [7, 11) is 1.96. The van der Waals surface area contributed by atoms with E-state index in [-0.39, 0.29) is 0 Å². The highest BCUT2D eigenvalue weighted by atomic mass is 15.2. The predicted molar refractivity (Wildman–Crippen MR) is 69.9 cm³/mol. The van der Waals surface area contributed by atoms with Gasteiger partial charge in [0.05, 0.1) is 6.20 Å². The zero-order valence-electron chi connectivity index (χ0n) is 11.2. The third-order valence-electron chi connectivity index (χ3n) is 3.71. The number of aryl methyl sites for hydroxylation is 1. The zero-order valence-corrected chi connectivity index (χ0v) is 11.2. The Morgan fingerprint density at radius 2 is 2.06 bits per heavy atom. The number of hydrogen-bond donors (Lipinski definition) is 1. The summed E-state index contributed by atoms with van der Waals surface area (Å²) in [6, 6.07) is 1.02. The number of aromatic nitrogens is 2. The van der Waals surface area contributed by atoms with Gasteiger partial charge >= 0.3 is 0 Å². The van der Waals surface area contributed by atoms with Crippen LogP contribution in [0.4, 0.5) is 0 Å². The van der Waals surface area contributed by atoms with Gasteiger partial charge < -0.3 is 5.32 Å². The fraction of sp³-hybridized carbons (Fsp3) is 0.769. The lowest BCUT2D eigenvalue weighted by atomic mass is 10.2. The highest BCUT2D eigenvalue weighted by molar-refractivity contribution is 5.08. The summed E-state index contributed by atoms with van der Waals surface area (Å²) in [4.78, 5) is 2.57. The summed E-state index contributed by atoms with van der Waals surface area (Å²) in [6.45, 7) is 8.10. The molecule has 2 unspecified atom stereocenters. The molecule has 2 rings (SSSR count). The minimum Gasteiger partial charge on any atom is -0.309 e. The molecular weight excluding hydrogens is 212 g/mol. The second-order valence-electron chi connectivity index (χ2n) is 5.17. The van der Waals surface area contributed by atoms with Gasteiger partial charge in [-0.1, -0.05) is 0 Å². The van der Waals surface area contributed by atoms with Crippen molar-refractivity contribution in [1.29, 1.82) is 0 Å². The van der Waals surface area contributed by atoms with E-state index < -0.39 is 0 Å². The number of likely N-dealkylation sites (tertiary alicyclic amines) is 1. The maximum absolute atomic E-state index is 4.21. The fourth-order valence-electron chi connectivity index (χ4n) is 2.44. The Balaban J connectivity index is 1.77. The molecule has 0 bridgehead atoms. The van der Waals surface area contributed by atoms with Crippen LogP contribution in [0.1, 0.15) is 38.3 Å². The van der Waals surface area contributed by atoms with Crippen LogP contribution in [-0.2, 0) is 7.05 Å². The molecule has 1 fully saturated rings. The monoisotopic (exact) mass is 236 g/mol. The third kappa shape index (κ3) is 3.30. The lowest BCUT2D eigenvalue weighted by molar-refractivity contribution is 0.247. The smallest absolute Gasteiger partial charge is 0.0537 e. The predicted octanol–water partition coefficient (Wildman–Crippen LogP) is 1.55. The van der Waals surface area contributed by atoms with Crippen LogP contribution in [0.5, 0.6) is 0 Å². The van der Waals surface area contributed by atoms with E-state index in [0.717, 1.165) is 6.54 Å². The summed E-state index contributed by atoms with van der Waals surface area (Å²) in [6.07, 6.45) is 6.75. The molecule has 0 saturated carbocycles. The highest BCUT2D eigenvalue weighted by Crippen LogP contribution is 2.13. The van der Waals surface area contributed by atoms with Crippen LogP contribution in [0.25, 0.3) is 0 Å². The van der Waals surface area contributed by atoms with E-state index in [1.807, 2.05) is 17.9 Å². The van der Waals surface area contributed by atoms with E-state index >= 15 is 0 Å². The van der Waals surface area contributed by atoms with Crippen molar-refractivity contribution in [3.8, 4) is 0 Å². The van der Waals surface area contributed by atoms with Gasteiger partial charge in [-0.25, -0.2) is 0 Å². The lowest BCUT2D eigenvalue weighted by Crippen LogP contribution is -2.39. The van der Waals surface area contributed by atoms with Crippen LogP contribution in [0.15, 0.2) is 12.4 Å². The summed E-state index contributed by atoms with van der Waals surface area (Å²) < 4.78 is 1.86. The summed E-state index contributed by atoms with van der Waals surface area (Å²) >= 11 is 0. The van der Waals surface area contributed by atoms with Crippen molar-refractivity contribution in [2.75, 3.05) is 19.6 Å². The molecule has 1 aliphatic heterocycles. The Hall–Kier alpha value is -0.870. The molecule has 0 aromatic carbocycles. The maximum Gasteiger partial charge on any atom is 0.0537 e. The van der Waals surface area contributed by atoms with E-state index in [4.69, 9.17) is 0 Å². The van der Waals surface area contributed by atoms with E-state index in [1.165, 1.54) is 31.5 Å². The van der Waals surface area contributed by atoms with E-state index in [2.05, 4.69) is 35.4 Å². The molecule has 1 saturated heterocycles. The van der Waals surface area contributed by atoms with E-state index in [9.17, 15) is 0 Å². The van der Waals surface area contributed by atoms with Crippen molar-refractivity contribution >= 4 is 0 Å². The quantitative estimate of drug-likeness (QED) is 0.842. The first kappa shape index (κ1) is 12.6. The number of nitrogens with one attached hydrogen (secondary N) is 1. The van der Waals surface area contributed by atoms with Crippen molar-refractivity contribution in [2.45, 2.75) is 38.8 Å². The topological polar surface area (TPSA) is 33.1 Å². The molecule has 1 N–H and O–H groups in total. The number of hydrogen-bond acceptors (Lipinski definition) is 3. The van der Waals surface area contributed by atoms with Gasteiger partial charge in [0, 0.05) is 37.4 Å². The van der Waals surface area contributed by atoms with Gasteiger partial charge in [0.1, 0.15) is 0 Å². The first-order valence-corrected chi connectivity index (χ1v) is 6.63. The van der Waals surface area contributed by atoms with Gasteiger partial charge in [-0.3, -0.25) is 9.58 Å². The molecule has 4 nitrogen and oxygen atoms in total. The molecule has 1 aliphatic rings. The standard InChI is InChI=1S/C13H24N4/c1-11(17-6-4-5-7-17)8-14-12(2)13-9-15-16(3)10-13/h9-12,14H,4-8H2,1-3H3. The first-order valence-electron chi connectivity index (χ1n) is 6.63. The average molecular weight is 236 g/mol. The van der Waals surface area contributed by atoms with Gasteiger partial charge in [0.2, 0.25) is 0 Å². The molecule has 1 aromatic heterocycles. The first-order chi connectivity index (χ1) is 8.16. The van der Waals surface area contributed by atoms with Gasteiger partial charge in [-0.05, 0) is 39.8 Å². The van der Waals surface area contributed by atoms with Crippen molar-refractivity contribution in [1.82, 2.24) is 20.0 Å². The molecule has 96 valence electrons. The van der Waals surface area contributed by atoms with Gasteiger partial charge in [0.25, 0.3) is 0 Å². The summed E-state index contributed by atoms with van der Waals surface area (Å²) in [5.41, 5.74) is 1.26. The van der Waals surface area contributed by atoms with Crippen LogP contribution in [0.3, 0.4) is 0 Å². The van der Waals surface area contributed by atoms with Crippen LogP contribution >= 0.6 is 0 Å². The Labute approximate surface area is 104 Å². The van der Waals surface area contributed by atoms with Crippen LogP contribution in [0, 0.1) is 0 Å². The second kappa shape index (κ2) is 5.65. The van der Waals surface area contributed by atoms with Gasteiger partial charge in [0.15, 0.2) is 0 Å². The SMILES string of the molecule is CC(NCC(C)N1CCCC1)c1cnn(C)c1. The minimum absolute atomic E-state index is 0.383. The third-order valence-corrected chi connectivity index (χ3v) is 3.71. The van der Waals surface area contributed by atoms with E-state index in [0.29, 0.717) is 12.1 Å². The molecule has 2 heterocycles. The fourth-order valence-corrected chi connectivity index (χ4v) is 2.44. The molecule has 17 heavy (non-hydrogen) atoms. The maximum atomic E-state index is 4.21. The molecule has 0 radical (unpaired) electrons. The van der Waals surface area contributed by atoms with Crippen molar-refractivity contribution < 1.29 is 0 Å². The highest BCUT2D eigenvalue weighted by Gasteiger charge is 2.18.